The van der Waals surface area contributed by atoms with Gasteiger partial charge in [0.1, 0.15) is 16.3 Å². The summed E-state index contributed by atoms with van der Waals surface area (Å²) in [5.74, 6) is -1.53. The van der Waals surface area contributed by atoms with Crippen molar-refractivity contribution < 1.29 is 14.3 Å². The molecule has 0 amide bonds. The van der Waals surface area contributed by atoms with Gasteiger partial charge in [0.05, 0.1) is 0 Å². The lowest BCUT2D eigenvalue weighted by atomic mass is 10.1. The highest BCUT2D eigenvalue weighted by Gasteiger charge is 2.23. The number of nitrogens with two attached hydrogens (primary N) is 1. The molecule has 0 saturated heterocycles. The van der Waals surface area contributed by atoms with E-state index in [-0.39, 0.29) is 23.8 Å². The first-order valence-electron chi connectivity index (χ1n) is 7.99. The molecule has 140 valence electrons. The summed E-state index contributed by atoms with van der Waals surface area (Å²) in [6.07, 6.45) is 0. The van der Waals surface area contributed by atoms with E-state index in [1.165, 1.54) is 23.0 Å². The number of hydrogen-bond acceptors (Lipinski definition) is 7. The molecule has 2 rings (SSSR count). The molecule has 0 unspecified atom stereocenters. The fraction of sp³-hybridized carbons (Fsp3) is 0.412. The Morgan fingerprint density at radius 1 is 1.27 bits per heavy atom. The van der Waals surface area contributed by atoms with Crippen molar-refractivity contribution in [3.05, 3.63) is 48.3 Å². The molecule has 2 heterocycles. The standard InChI is InChI=1S/C17H21N3O5S/c1-9(2)7-20-14(18)13(15(22)19(4)17(20)24)11(21)8-25-16(23)12-6-5-10(3)26-12/h5-6,9H,7-8,18H2,1-4H3. The highest BCUT2D eigenvalue weighted by atomic mass is 32.1. The molecule has 0 aliphatic rings. The van der Waals surface area contributed by atoms with Crippen LogP contribution < -0.4 is 17.0 Å². The average molecular weight is 379 g/mol. The second kappa shape index (κ2) is 7.69. The highest BCUT2D eigenvalue weighted by molar-refractivity contribution is 7.13. The van der Waals surface area contributed by atoms with E-state index in [2.05, 4.69) is 0 Å². The molecule has 0 bridgehead atoms. The lowest BCUT2D eigenvalue weighted by Gasteiger charge is -2.16. The number of anilines is 1. The summed E-state index contributed by atoms with van der Waals surface area (Å²) in [4.78, 5) is 50.2. The third kappa shape index (κ3) is 3.93. The third-order valence-corrected chi connectivity index (χ3v) is 4.67. The fourth-order valence-corrected chi connectivity index (χ4v) is 3.17. The summed E-state index contributed by atoms with van der Waals surface area (Å²) < 4.78 is 7.00. The number of nitrogens with zero attached hydrogens (tertiary/aromatic N) is 2. The van der Waals surface area contributed by atoms with E-state index < -0.39 is 29.6 Å². The van der Waals surface area contributed by atoms with E-state index in [0.717, 1.165) is 9.44 Å². The molecule has 0 aliphatic carbocycles. The summed E-state index contributed by atoms with van der Waals surface area (Å²) in [5.41, 5.74) is 4.17. The monoisotopic (exact) mass is 379 g/mol. The Kier molecular flexibility index (Phi) is 5.81. The minimum Gasteiger partial charge on any atom is -0.453 e. The quantitative estimate of drug-likeness (QED) is 0.596. The van der Waals surface area contributed by atoms with Gasteiger partial charge in [0.2, 0.25) is 5.78 Å². The molecule has 0 aromatic carbocycles. The molecule has 0 radical (unpaired) electrons. The van der Waals surface area contributed by atoms with E-state index >= 15 is 0 Å². The Bertz CT molecular complexity index is 968. The first kappa shape index (κ1) is 19.6. The van der Waals surface area contributed by atoms with E-state index in [1.807, 2.05) is 20.8 Å². The lowest BCUT2D eigenvalue weighted by molar-refractivity contribution is 0.0479. The van der Waals surface area contributed by atoms with Crippen molar-refractivity contribution in [2.75, 3.05) is 12.3 Å². The van der Waals surface area contributed by atoms with Gasteiger partial charge in [-0.25, -0.2) is 9.59 Å². The number of ketones is 1. The van der Waals surface area contributed by atoms with Gasteiger partial charge in [0.25, 0.3) is 5.56 Å². The van der Waals surface area contributed by atoms with Crippen molar-refractivity contribution in [2.45, 2.75) is 27.3 Å². The summed E-state index contributed by atoms with van der Waals surface area (Å²) in [6.45, 7) is 5.23. The first-order chi connectivity index (χ1) is 12.1. The predicted molar refractivity (Wildman–Crippen MR) is 98.9 cm³/mol. The molecule has 0 spiro atoms. The number of ether oxygens (including phenoxy) is 1. The van der Waals surface area contributed by atoms with Crippen LogP contribution in [0.25, 0.3) is 0 Å². The molecule has 2 N–H and O–H groups in total. The number of carbonyl (C=O) groups excluding carboxylic acids is 2. The second-order valence-corrected chi connectivity index (χ2v) is 7.61. The fourth-order valence-electron chi connectivity index (χ4n) is 2.41. The van der Waals surface area contributed by atoms with Crippen LogP contribution in [0.3, 0.4) is 0 Å². The molecule has 0 saturated carbocycles. The zero-order chi connectivity index (χ0) is 19.6. The van der Waals surface area contributed by atoms with Crippen LogP contribution >= 0.6 is 11.3 Å². The number of nitrogen functional groups attached to an aromatic ring is 1. The van der Waals surface area contributed by atoms with Crippen molar-refractivity contribution in [1.82, 2.24) is 9.13 Å². The van der Waals surface area contributed by atoms with Gasteiger partial charge >= 0.3 is 11.7 Å². The van der Waals surface area contributed by atoms with Crippen molar-refractivity contribution in [3.63, 3.8) is 0 Å². The molecule has 2 aromatic heterocycles. The predicted octanol–water partition coefficient (Wildman–Crippen LogP) is 1.19. The zero-order valence-corrected chi connectivity index (χ0v) is 15.9. The zero-order valence-electron chi connectivity index (χ0n) is 15.1. The number of carbonyl (C=O) groups is 2. The van der Waals surface area contributed by atoms with Gasteiger partial charge in [-0.05, 0) is 25.0 Å². The smallest absolute Gasteiger partial charge is 0.348 e. The normalized spacial score (nSPS) is 11.0. The van der Waals surface area contributed by atoms with Crippen molar-refractivity contribution >= 4 is 28.9 Å². The molecule has 0 fully saturated rings. The summed E-state index contributed by atoms with van der Waals surface area (Å²) in [5, 5.41) is 0. The number of hydrogen-bond donors (Lipinski definition) is 1. The van der Waals surface area contributed by atoms with Gasteiger partial charge in [-0.1, -0.05) is 13.8 Å². The minimum absolute atomic E-state index is 0.0790. The molecule has 0 aliphatic heterocycles. The van der Waals surface area contributed by atoms with Crippen molar-refractivity contribution in [2.24, 2.45) is 13.0 Å². The minimum atomic E-state index is -0.805. The van der Waals surface area contributed by atoms with Crippen LogP contribution in [0.5, 0.6) is 0 Å². The topological polar surface area (TPSA) is 113 Å². The first-order valence-corrected chi connectivity index (χ1v) is 8.81. The molecule has 8 nitrogen and oxygen atoms in total. The van der Waals surface area contributed by atoms with Gasteiger partial charge in [-0.3, -0.25) is 18.7 Å². The molecule has 0 atom stereocenters. The molecule has 26 heavy (non-hydrogen) atoms. The highest BCUT2D eigenvalue weighted by Crippen LogP contribution is 2.16. The van der Waals surface area contributed by atoms with E-state index in [0.29, 0.717) is 4.88 Å². The summed E-state index contributed by atoms with van der Waals surface area (Å²) in [7, 11) is 1.28. The van der Waals surface area contributed by atoms with Crippen LogP contribution in [0.15, 0.2) is 21.7 Å². The summed E-state index contributed by atoms with van der Waals surface area (Å²) >= 11 is 1.24. The maximum Gasteiger partial charge on any atom is 0.348 e. The van der Waals surface area contributed by atoms with E-state index in [9.17, 15) is 19.2 Å². The largest absolute Gasteiger partial charge is 0.453 e. The van der Waals surface area contributed by atoms with Crippen LogP contribution in [-0.4, -0.2) is 27.5 Å². The number of thiophene rings is 1. The SMILES string of the molecule is Cc1ccc(C(=O)OCC(=O)c2c(N)n(CC(C)C)c(=O)n(C)c2=O)s1. The van der Waals surface area contributed by atoms with Crippen LogP contribution in [0.2, 0.25) is 0 Å². The molecule has 9 heteroatoms. The second-order valence-electron chi connectivity index (χ2n) is 6.32. The van der Waals surface area contributed by atoms with Gasteiger partial charge in [0.15, 0.2) is 6.61 Å². The molecular formula is C17H21N3O5S. The van der Waals surface area contributed by atoms with Gasteiger partial charge in [-0.2, -0.15) is 0 Å². The van der Waals surface area contributed by atoms with Gasteiger partial charge in [-0.15, -0.1) is 11.3 Å². The third-order valence-electron chi connectivity index (χ3n) is 3.69. The van der Waals surface area contributed by atoms with Crippen LogP contribution in [-0.2, 0) is 18.3 Å². The molecule has 2 aromatic rings. The number of esters is 1. The summed E-state index contributed by atoms with van der Waals surface area (Å²) in [6, 6.07) is 3.36. The maximum atomic E-state index is 12.4. The van der Waals surface area contributed by atoms with Crippen LogP contribution in [0.4, 0.5) is 5.82 Å². The van der Waals surface area contributed by atoms with Crippen molar-refractivity contribution in [1.29, 1.82) is 0 Å². The molecular weight excluding hydrogens is 358 g/mol. The average Bonchev–Trinajstić information content (AvgIpc) is 3.01. The number of rotatable bonds is 6. The van der Waals surface area contributed by atoms with Gasteiger partial charge < -0.3 is 10.5 Å². The Hall–Kier alpha value is -2.68. The Morgan fingerprint density at radius 2 is 1.92 bits per heavy atom. The van der Waals surface area contributed by atoms with E-state index in [1.54, 1.807) is 12.1 Å². The number of aryl methyl sites for hydroxylation is 1. The Labute approximate surface area is 153 Å². The van der Waals surface area contributed by atoms with Crippen LogP contribution in [0, 0.1) is 12.8 Å². The Balaban J connectivity index is 2.31. The Morgan fingerprint density at radius 3 is 2.46 bits per heavy atom. The van der Waals surface area contributed by atoms with Crippen LogP contribution in [0.1, 0.15) is 38.8 Å². The maximum absolute atomic E-state index is 12.4. The number of Topliss-reactive ketones (excluding diaryl/α,β-unsaturated/α-hetero) is 1. The van der Waals surface area contributed by atoms with E-state index in [4.69, 9.17) is 10.5 Å². The number of aromatic nitrogens is 2. The van der Waals surface area contributed by atoms with Gasteiger partial charge in [0, 0.05) is 18.5 Å². The van der Waals surface area contributed by atoms with Crippen molar-refractivity contribution in [3.8, 4) is 0 Å². The lowest BCUT2D eigenvalue weighted by Crippen LogP contribution is -2.43.